The first kappa shape index (κ1) is 21.6. The number of carbonyl (C=O) groups is 2. The van der Waals surface area contributed by atoms with Gasteiger partial charge in [-0.3, -0.25) is 4.79 Å². The molecule has 3 aromatic carbocycles. The lowest BCUT2D eigenvalue weighted by Crippen LogP contribution is -2.49. The molecule has 0 spiro atoms. The van der Waals surface area contributed by atoms with Gasteiger partial charge < -0.3 is 15.1 Å². The van der Waals surface area contributed by atoms with Crippen LogP contribution in [0.25, 0.3) is 0 Å². The number of carbonyl (C=O) groups excluding carboxylic acids is 2. The smallest absolute Gasteiger partial charge is 0.321 e. The van der Waals surface area contributed by atoms with Gasteiger partial charge in [0, 0.05) is 38.3 Å². The van der Waals surface area contributed by atoms with E-state index >= 15 is 0 Å². The van der Waals surface area contributed by atoms with Gasteiger partial charge in [-0.2, -0.15) is 0 Å². The topological polar surface area (TPSA) is 52.7 Å². The number of rotatable bonds is 5. The molecule has 0 bridgehead atoms. The third kappa shape index (κ3) is 5.35. The van der Waals surface area contributed by atoms with E-state index in [0.717, 1.165) is 23.2 Å². The molecule has 32 heavy (non-hydrogen) atoms. The molecule has 1 fully saturated rings. The van der Waals surface area contributed by atoms with E-state index in [9.17, 15) is 9.59 Å². The van der Waals surface area contributed by atoms with Crippen molar-refractivity contribution in [1.29, 1.82) is 0 Å². The molecule has 2 atom stereocenters. The molecule has 5 heteroatoms. The molecule has 0 aromatic heterocycles. The number of para-hydroxylation sites is 1. The van der Waals surface area contributed by atoms with Crippen molar-refractivity contribution in [1.82, 2.24) is 9.80 Å². The van der Waals surface area contributed by atoms with Gasteiger partial charge in [-0.15, -0.1) is 0 Å². The molecule has 1 saturated heterocycles. The van der Waals surface area contributed by atoms with E-state index in [1.807, 2.05) is 85.9 Å². The monoisotopic (exact) mass is 427 g/mol. The van der Waals surface area contributed by atoms with E-state index in [4.69, 9.17) is 0 Å². The molecule has 1 N–H and O–H groups in total. The predicted octanol–water partition coefficient (Wildman–Crippen LogP) is 4.98. The Morgan fingerprint density at radius 1 is 0.875 bits per heavy atom. The Hall–Kier alpha value is -3.60. The Morgan fingerprint density at radius 2 is 1.47 bits per heavy atom. The summed E-state index contributed by atoms with van der Waals surface area (Å²) in [5, 5.41) is 2.97. The van der Waals surface area contributed by atoms with Crippen molar-refractivity contribution in [2.75, 3.05) is 25.5 Å². The van der Waals surface area contributed by atoms with E-state index in [-0.39, 0.29) is 23.8 Å². The molecule has 0 aliphatic carbocycles. The Morgan fingerprint density at radius 3 is 2.12 bits per heavy atom. The minimum atomic E-state index is -0.246. The molecule has 5 nitrogen and oxygen atoms in total. The highest BCUT2D eigenvalue weighted by molar-refractivity contribution is 5.90. The lowest BCUT2D eigenvalue weighted by molar-refractivity contribution is -0.136. The van der Waals surface area contributed by atoms with Crippen LogP contribution in [0.4, 0.5) is 10.5 Å². The molecular formula is C27H29N3O2. The van der Waals surface area contributed by atoms with E-state index in [0.29, 0.717) is 19.6 Å². The fourth-order valence-corrected chi connectivity index (χ4v) is 4.38. The van der Waals surface area contributed by atoms with Crippen LogP contribution in [0.3, 0.4) is 0 Å². The van der Waals surface area contributed by atoms with Crippen LogP contribution in [0.2, 0.25) is 0 Å². The standard InChI is InChI=1S/C27H29N3O2/c1-29(18-21-11-5-2-6-12-21)26(31)24-17-23(22-13-7-3-8-14-22)19-30(20-24)27(32)28-25-15-9-4-10-16-25/h2-16,23-24H,17-20H2,1H3,(H,28,32). The number of hydrogen-bond acceptors (Lipinski definition) is 2. The molecule has 4 rings (SSSR count). The zero-order valence-electron chi connectivity index (χ0n) is 18.4. The molecule has 0 radical (unpaired) electrons. The van der Waals surface area contributed by atoms with E-state index in [1.165, 1.54) is 0 Å². The van der Waals surface area contributed by atoms with Crippen LogP contribution in [0.15, 0.2) is 91.0 Å². The van der Waals surface area contributed by atoms with Gasteiger partial charge in [0.1, 0.15) is 0 Å². The summed E-state index contributed by atoms with van der Waals surface area (Å²) in [6.07, 6.45) is 0.733. The molecule has 3 aromatic rings. The molecule has 3 amide bonds. The Bertz CT molecular complexity index is 1020. The van der Waals surface area contributed by atoms with Crippen molar-refractivity contribution in [3.63, 3.8) is 0 Å². The van der Waals surface area contributed by atoms with Crippen LogP contribution in [-0.2, 0) is 11.3 Å². The summed E-state index contributed by atoms with van der Waals surface area (Å²) in [5.41, 5.74) is 3.01. The zero-order valence-corrected chi connectivity index (χ0v) is 18.4. The molecule has 1 aliphatic rings. The van der Waals surface area contributed by atoms with Gasteiger partial charge in [-0.05, 0) is 29.7 Å². The van der Waals surface area contributed by atoms with E-state index in [1.54, 1.807) is 9.80 Å². The van der Waals surface area contributed by atoms with Crippen LogP contribution in [0.5, 0.6) is 0 Å². The van der Waals surface area contributed by atoms with E-state index in [2.05, 4.69) is 17.4 Å². The molecule has 0 saturated carbocycles. The minimum absolute atomic E-state index is 0.0759. The predicted molar refractivity (Wildman–Crippen MR) is 127 cm³/mol. The fraction of sp³-hybridized carbons (Fsp3) is 0.259. The summed E-state index contributed by atoms with van der Waals surface area (Å²) in [6, 6.07) is 29.4. The summed E-state index contributed by atoms with van der Waals surface area (Å²) in [5.74, 6) is -0.0539. The first-order valence-corrected chi connectivity index (χ1v) is 11.0. The maximum Gasteiger partial charge on any atom is 0.321 e. The van der Waals surface area contributed by atoms with Gasteiger partial charge in [-0.1, -0.05) is 78.9 Å². The molecule has 2 unspecified atom stereocenters. The highest BCUT2D eigenvalue weighted by atomic mass is 16.2. The number of nitrogens with one attached hydrogen (secondary N) is 1. The first-order valence-electron chi connectivity index (χ1n) is 11.0. The van der Waals surface area contributed by atoms with Crippen LogP contribution in [0.1, 0.15) is 23.5 Å². The third-order valence-corrected chi connectivity index (χ3v) is 6.02. The number of piperidine rings is 1. The molecular weight excluding hydrogens is 398 g/mol. The quantitative estimate of drug-likeness (QED) is 0.624. The summed E-state index contributed by atoms with van der Waals surface area (Å²) < 4.78 is 0. The number of urea groups is 1. The number of hydrogen-bond donors (Lipinski definition) is 1. The number of benzene rings is 3. The lowest BCUT2D eigenvalue weighted by atomic mass is 9.84. The average Bonchev–Trinajstić information content (AvgIpc) is 2.85. The van der Waals surface area contributed by atoms with Gasteiger partial charge in [0.05, 0.1) is 5.92 Å². The highest BCUT2D eigenvalue weighted by Gasteiger charge is 2.35. The minimum Gasteiger partial charge on any atom is -0.341 e. The van der Waals surface area contributed by atoms with Crippen molar-refractivity contribution in [3.05, 3.63) is 102 Å². The van der Waals surface area contributed by atoms with Crippen LogP contribution in [-0.4, -0.2) is 41.9 Å². The third-order valence-electron chi connectivity index (χ3n) is 6.02. The molecule has 1 heterocycles. The van der Waals surface area contributed by atoms with Crippen LogP contribution < -0.4 is 5.32 Å². The van der Waals surface area contributed by atoms with Crippen molar-refractivity contribution < 1.29 is 9.59 Å². The van der Waals surface area contributed by atoms with Crippen molar-refractivity contribution in [2.45, 2.75) is 18.9 Å². The second kappa shape index (κ2) is 10.1. The van der Waals surface area contributed by atoms with E-state index < -0.39 is 0 Å². The Kier molecular flexibility index (Phi) is 6.85. The van der Waals surface area contributed by atoms with Crippen molar-refractivity contribution in [3.8, 4) is 0 Å². The van der Waals surface area contributed by atoms with Gasteiger partial charge in [-0.25, -0.2) is 4.79 Å². The van der Waals surface area contributed by atoms with Gasteiger partial charge >= 0.3 is 6.03 Å². The van der Waals surface area contributed by atoms with Crippen molar-refractivity contribution >= 4 is 17.6 Å². The zero-order chi connectivity index (χ0) is 22.3. The largest absolute Gasteiger partial charge is 0.341 e. The number of anilines is 1. The first-order chi connectivity index (χ1) is 15.6. The van der Waals surface area contributed by atoms with Gasteiger partial charge in [0.15, 0.2) is 0 Å². The van der Waals surface area contributed by atoms with Crippen LogP contribution >= 0.6 is 0 Å². The fourth-order valence-electron chi connectivity index (χ4n) is 4.38. The second-order valence-corrected chi connectivity index (χ2v) is 8.42. The lowest BCUT2D eigenvalue weighted by Gasteiger charge is -2.38. The maximum atomic E-state index is 13.4. The number of likely N-dealkylation sites (tertiary alicyclic amines) is 1. The summed E-state index contributed by atoms with van der Waals surface area (Å²) in [6.45, 7) is 1.57. The van der Waals surface area contributed by atoms with Crippen molar-refractivity contribution in [2.24, 2.45) is 5.92 Å². The second-order valence-electron chi connectivity index (χ2n) is 8.42. The highest BCUT2D eigenvalue weighted by Crippen LogP contribution is 2.32. The number of amides is 3. The van der Waals surface area contributed by atoms with Gasteiger partial charge in [0.2, 0.25) is 5.91 Å². The SMILES string of the molecule is CN(Cc1ccccc1)C(=O)C1CC(c2ccccc2)CN(C(=O)Nc2ccccc2)C1. The average molecular weight is 428 g/mol. The summed E-state index contributed by atoms with van der Waals surface area (Å²) in [4.78, 5) is 30.0. The number of nitrogens with zero attached hydrogens (tertiary/aromatic N) is 2. The summed E-state index contributed by atoms with van der Waals surface area (Å²) >= 11 is 0. The Balaban J connectivity index is 1.51. The molecule has 1 aliphatic heterocycles. The maximum absolute atomic E-state index is 13.4. The van der Waals surface area contributed by atoms with Crippen LogP contribution in [0, 0.1) is 5.92 Å². The van der Waals surface area contributed by atoms with Gasteiger partial charge in [0.25, 0.3) is 0 Å². The Labute approximate surface area is 189 Å². The molecule has 164 valence electrons. The normalized spacial score (nSPS) is 18.1. The summed E-state index contributed by atoms with van der Waals surface area (Å²) in [7, 11) is 1.84.